The van der Waals surface area contributed by atoms with Crippen LogP contribution >= 0.6 is 0 Å². The molecule has 2 rings (SSSR count). The third-order valence-corrected chi connectivity index (χ3v) is 6.67. The standard InChI is InChI=1S/C8H8Se2/c1-5-7-3-4-9-8(7)6(2)10-5/h3-4H,1-2H3. The van der Waals surface area contributed by atoms with Crippen molar-refractivity contribution in [1.82, 2.24) is 0 Å². The maximum atomic E-state index is 2.33. The zero-order valence-electron chi connectivity index (χ0n) is 5.97. The molecule has 0 spiro atoms. The van der Waals surface area contributed by atoms with E-state index in [1.54, 1.807) is 18.5 Å². The molecule has 10 heavy (non-hydrogen) atoms. The van der Waals surface area contributed by atoms with Gasteiger partial charge < -0.3 is 0 Å². The van der Waals surface area contributed by atoms with Gasteiger partial charge in [-0.05, 0) is 0 Å². The number of aryl methyl sites for hydroxylation is 2. The topological polar surface area (TPSA) is 0 Å². The average molecular weight is 262 g/mol. The molecule has 0 aliphatic rings. The van der Waals surface area contributed by atoms with Crippen LogP contribution in [0, 0.1) is 13.8 Å². The summed E-state index contributed by atoms with van der Waals surface area (Å²) in [6, 6.07) is 2.31. The number of hydrogen-bond acceptors (Lipinski definition) is 0. The molecule has 0 radical (unpaired) electrons. The Kier molecular flexibility index (Phi) is 1.66. The third-order valence-electron chi connectivity index (χ3n) is 1.67. The van der Waals surface area contributed by atoms with Gasteiger partial charge in [0.1, 0.15) is 0 Å². The molecule has 0 aliphatic carbocycles. The van der Waals surface area contributed by atoms with Crippen LogP contribution in [0.5, 0.6) is 0 Å². The molecule has 0 unspecified atom stereocenters. The van der Waals surface area contributed by atoms with Crippen molar-refractivity contribution in [3.05, 3.63) is 19.9 Å². The Morgan fingerprint density at radius 1 is 1.20 bits per heavy atom. The monoisotopic (exact) mass is 264 g/mol. The van der Waals surface area contributed by atoms with Crippen LogP contribution in [-0.4, -0.2) is 29.0 Å². The van der Waals surface area contributed by atoms with Crippen LogP contribution in [0.4, 0.5) is 0 Å². The minimum atomic E-state index is 0.679. The van der Waals surface area contributed by atoms with Crippen molar-refractivity contribution in [3.63, 3.8) is 0 Å². The van der Waals surface area contributed by atoms with Crippen LogP contribution in [0.1, 0.15) is 8.87 Å². The Hall–Kier alpha value is 0.259. The van der Waals surface area contributed by atoms with Crippen LogP contribution < -0.4 is 0 Å². The Bertz CT molecular complexity index is 323. The molecule has 52 valence electrons. The summed E-state index contributed by atoms with van der Waals surface area (Å²) >= 11 is 1.39. The van der Waals surface area contributed by atoms with E-state index in [2.05, 4.69) is 24.9 Å². The first kappa shape index (κ1) is 6.94. The first-order valence-electron chi connectivity index (χ1n) is 3.22. The minimum absolute atomic E-state index is 0.679. The number of rotatable bonds is 0. The molecule has 2 heterocycles. The van der Waals surface area contributed by atoms with Gasteiger partial charge in [-0.25, -0.2) is 0 Å². The van der Waals surface area contributed by atoms with Crippen LogP contribution in [-0.2, 0) is 0 Å². The first-order chi connectivity index (χ1) is 4.79. The molecule has 0 nitrogen and oxygen atoms in total. The second kappa shape index (κ2) is 2.39. The average Bonchev–Trinajstić information content (AvgIpc) is 2.39. The van der Waals surface area contributed by atoms with E-state index in [9.17, 15) is 0 Å². The normalized spacial score (nSPS) is 11.0. The summed E-state index contributed by atoms with van der Waals surface area (Å²) in [5, 5.41) is 1.58. The molecule has 0 N–H and O–H groups in total. The molecule has 0 aromatic carbocycles. The SMILES string of the molecule is Cc1[se]c(C)c2[se]ccc12. The predicted octanol–water partition coefficient (Wildman–Crippen LogP) is 1.57. The van der Waals surface area contributed by atoms with E-state index < -0.39 is 0 Å². The summed E-state index contributed by atoms with van der Waals surface area (Å²) in [5.41, 5.74) is 0. The van der Waals surface area contributed by atoms with Crippen molar-refractivity contribution in [2.75, 3.05) is 0 Å². The number of hydrogen-bond donors (Lipinski definition) is 0. The van der Waals surface area contributed by atoms with Gasteiger partial charge in [0.05, 0.1) is 0 Å². The molecule has 0 saturated heterocycles. The zero-order valence-corrected chi connectivity index (χ0v) is 9.40. The fraction of sp³-hybridized carbons (Fsp3) is 0.250. The third kappa shape index (κ3) is 0.878. The quantitative estimate of drug-likeness (QED) is 0.632. The van der Waals surface area contributed by atoms with E-state index in [4.69, 9.17) is 0 Å². The van der Waals surface area contributed by atoms with Gasteiger partial charge in [-0.15, -0.1) is 0 Å². The van der Waals surface area contributed by atoms with Gasteiger partial charge in [0.25, 0.3) is 0 Å². The van der Waals surface area contributed by atoms with Gasteiger partial charge in [0.15, 0.2) is 0 Å². The van der Waals surface area contributed by atoms with E-state index in [-0.39, 0.29) is 0 Å². The Morgan fingerprint density at radius 3 is 2.70 bits per heavy atom. The molecular weight excluding hydrogens is 254 g/mol. The van der Waals surface area contributed by atoms with Crippen molar-refractivity contribution >= 4 is 38.7 Å². The van der Waals surface area contributed by atoms with Gasteiger partial charge in [-0.2, -0.15) is 0 Å². The molecule has 2 heteroatoms. The van der Waals surface area contributed by atoms with E-state index in [1.807, 2.05) is 0 Å². The molecule has 0 saturated carbocycles. The zero-order chi connectivity index (χ0) is 7.14. The molecule has 0 amide bonds. The molecule has 0 fully saturated rings. The molecule has 0 aliphatic heterocycles. The van der Waals surface area contributed by atoms with Gasteiger partial charge in [-0.1, -0.05) is 0 Å². The van der Waals surface area contributed by atoms with Crippen molar-refractivity contribution < 1.29 is 0 Å². The molecule has 0 bridgehead atoms. The van der Waals surface area contributed by atoms with Gasteiger partial charge >= 0.3 is 72.4 Å². The van der Waals surface area contributed by atoms with E-state index in [0.29, 0.717) is 29.0 Å². The Balaban J connectivity index is 2.98. The summed E-state index contributed by atoms with van der Waals surface area (Å²) in [5.74, 6) is 0. The van der Waals surface area contributed by atoms with Crippen LogP contribution in [0.25, 0.3) is 9.65 Å². The summed E-state index contributed by atoms with van der Waals surface area (Å²) in [4.78, 5) is 2.33. The van der Waals surface area contributed by atoms with Gasteiger partial charge in [0.2, 0.25) is 0 Å². The summed E-state index contributed by atoms with van der Waals surface area (Å²) in [6.07, 6.45) is 0. The Labute approximate surface area is 72.4 Å². The molecule has 2 aromatic heterocycles. The van der Waals surface area contributed by atoms with Crippen molar-refractivity contribution in [2.24, 2.45) is 0 Å². The van der Waals surface area contributed by atoms with E-state index in [1.165, 1.54) is 0 Å². The fourth-order valence-corrected chi connectivity index (χ4v) is 6.27. The molecule has 2 aromatic rings. The van der Waals surface area contributed by atoms with Gasteiger partial charge in [0, 0.05) is 0 Å². The van der Waals surface area contributed by atoms with Crippen molar-refractivity contribution in [1.29, 1.82) is 0 Å². The molecule has 0 atom stereocenters. The van der Waals surface area contributed by atoms with Crippen LogP contribution in [0.15, 0.2) is 11.0 Å². The Morgan fingerprint density at radius 2 is 2.00 bits per heavy atom. The van der Waals surface area contributed by atoms with Crippen LogP contribution in [0.3, 0.4) is 0 Å². The van der Waals surface area contributed by atoms with E-state index >= 15 is 0 Å². The van der Waals surface area contributed by atoms with E-state index in [0.717, 1.165) is 0 Å². The summed E-state index contributed by atoms with van der Waals surface area (Å²) in [6.45, 7) is 4.57. The second-order valence-corrected chi connectivity index (χ2v) is 7.30. The molecular formula is C8H8Se2. The second-order valence-electron chi connectivity index (χ2n) is 2.38. The maximum absolute atomic E-state index is 2.33. The van der Waals surface area contributed by atoms with Crippen LogP contribution in [0.2, 0.25) is 0 Å². The first-order valence-corrected chi connectivity index (χ1v) is 6.78. The van der Waals surface area contributed by atoms with Gasteiger partial charge in [-0.3, -0.25) is 0 Å². The van der Waals surface area contributed by atoms with Crippen molar-refractivity contribution in [3.8, 4) is 0 Å². The predicted molar refractivity (Wildman–Crippen MR) is 47.3 cm³/mol. The summed E-state index contributed by atoms with van der Waals surface area (Å²) in [7, 11) is 0. The summed E-state index contributed by atoms with van der Waals surface area (Å²) < 4.78 is 4.99. The van der Waals surface area contributed by atoms with Crippen molar-refractivity contribution in [2.45, 2.75) is 13.8 Å². The number of fused-ring (bicyclic) bond motifs is 1. The fourth-order valence-electron chi connectivity index (χ4n) is 1.19.